The van der Waals surface area contributed by atoms with Crippen molar-refractivity contribution in [1.82, 2.24) is 20.2 Å². The highest BCUT2D eigenvalue weighted by Gasteiger charge is 2.19. The third kappa shape index (κ3) is 2.34. The number of hydrogen-bond donors (Lipinski definition) is 3. The maximum atomic E-state index is 11.1. The van der Waals surface area contributed by atoms with Crippen molar-refractivity contribution in [2.45, 2.75) is 6.04 Å². The number of aromatic amines is 2. The zero-order valence-corrected chi connectivity index (χ0v) is 8.54. The topological polar surface area (TPSA) is 81.0 Å². The summed E-state index contributed by atoms with van der Waals surface area (Å²) in [5.41, 5.74) is -0.161. The van der Waals surface area contributed by atoms with Gasteiger partial charge >= 0.3 is 5.69 Å². The van der Waals surface area contributed by atoms with Gasteiger partial charge in [-0.25, -0.2) is 4.79 Å². The van der Waals surface area contributed by atoms with Gasteiger partial charge in [-0.2, -0.15) is 0 Å². The smallest absolute Gasteiger partial charge is 0.310 e. The molecule has 0 bridgehead atoms. The summed E-state index contributed by atoms with van der Waals surface area (Å²) >= 11 is 0. The molecule has 15 heavy (non-hydrogen) atoms. The monoisotopic (exact) mass is 210 g/mol. The summed E-state index contributed by atoms with van der Waals surface area (Å²) in [6.07, 6.45) is 0. The van der Waals surface area contributed by atoms with Crippen LogP contribution in [0.2, 0.25) is 0 Å². The van der Waals surface area contributed by atoms with Crippen molar-refractivity contribution in [3.63, 3.8) is 0 Å². The molecule has 1 atom stereocenters. The summed E-state index contributed by atoms with van der Waals surface area (Å²) in [5, 5.41) is 3.26. The first-order valence-corrected chi connectivity index (χ1v) is 4.90. The molecule has 0 aromatic carbocycles. The Hall–Kier alpha value is -1.40. The van der Waals surface area contributed by atoms with E-state index in [1.807, 2.05) is 7.05 Å². The van der Waals surface area contributed by atoms with E-state index >= 15 is 0 Å². The van der Waals surface area contributed by atoms with Gasteiger partial charge in [0.1, 0.15) is 0 Å². The van der Waals surface area contributed by atoms with Crippen LogP contribution in [0.15, 0.2) is 15.7 Å². The molecule has 0 aliphatic carbocycles. The first-order valence-electron chi connectivity index (χ1n) is 4.90. The number of likely N-dealkylation sites (N-methyl/N-ethyl adjacent to an activating group) is 1. The Morgan fingerprint density at radius 2 is 2.20 bits per heavy atom. The minimum Gasteiger partial charge on any atom is -0.310 e. The van der Waals surface area contributed by atoms with Crippen molar-refractivity contribution < 1.29 is 0 Å². The van der Waals surface area contributed by atoms with Gasteiger partial charge in [0.25, 0.3) is 5.56 Å². The van der Waals surface area contributed by atoms with Crippen LogP contribution >= 0.6 is 0 Å². The molecule has 0 amide bonds. The Morgan fingerprint density at radius 3 is 2.87 bits per heavy atom. The van der Waals surface area contributed by atoms with Crippen LogP contribution in [0.5, 0.6) is 0 Å². The molecule has 0 spiro atoms. The average Bonchev–Trinajstić information content (AvgIpc) is 2.16. The highest BCUT2D eigenvalue weighted by molar-refractivity contribution is 5.06. The molecule has 1 saturated heterocycles. The Bertz CT molecular complexity index is 422. The molecule has 6 nitrogen and oxygen atoms in total. The quantitative estimate of drug-likeness (QED) is 0.535. The molecule has 0 saturated carbocycles. The fraction of sp³-hybridized carbons (Fsp3) is 0.556. The largest absolute Gasteiger partial charge is 0.325 e. The van der Waals surface area contributed by atoms with E-state index in [1.54, 1.807) is 0 Å². The van der Waals surface area contributed by atoms with Crippen molar-refractivity contribution in [3.8, 4) is 0 Å². The van der Waals surface area contributed by atoms with E-state index in [0.29, 0.717) is 5.69 Å². The molecule has 6 heteroatoms. The summed E-state index contributed by atoms with van der Waals surface area (Å²) < 4.78 is 0. The number of nitrogens with one attached hydrogen (secondary N) is 3. The molecule has 3 N–H and O–H groups in total. The van der Waals surface area contributed by atoms with Crippen LogP contribution in [0.25, 0.3) is 0 Å². The molecule has 2 heterocycles. The molecule has 0 radical (unpaired) electrons. The van der Waals surface area contributed by atoms with Crippen LogP contribution in [0.4, 0.5) is 0 Å². The van der Waals surface area contributed by atoms with Crippen molar-refractivity contribution in [2.75, 3.05) is 26.7 Å². The number of hydrogen-bond acceptors (Lipinski definition) is 4. The minimum atomic E-state index is -0.451. The van der Waals surface area contributed by atoms with Crippen LogP contribution < -0.4 is 16.6 Å². The van der Waals surface area contributed by atoms with Crippen LogP contribution in [-0.2, 0) is 0 Å². The van der Waals surface area contributed by atoms with E-state index in [0.717, 1.165) is 19.6 Å². The molecule has 1 aliphatic heterocycles. The van der Waals surface area contributed by atoms with Crippen LogP contribution in [0.1, 0.15) is 11.7 Å². The first-order chi connectivity index (χ1) is 7.15. The third-order valence-electron chi connectivity index (χ3n) is 2.54. The predicted octanol–water partition coefficient (Wildman–Crippen LogP) is -1.36. The van der Waals surface area contributed by atoms with Gasteiger partial charge in [0.15, 0.2) is 0 Å². The third-order valence-corrected chi connectivity index (χ3v) is 2.54. The summed E-state index contributed by atoms with van der Waals surface area (Å²) in [6.45, 7) is 2.62. The second-order valence-electron chi connectivity index (χ2n) is 3.81. The van der Waals surface area contributed by atoms with E-state index < -0.39 is 5.69 Å². The molecule has 1 aliphatic rings. The molecule has 2 rings (SSSR count). The zero-order valence-electron chi connectivity index (χ0n) is 8.54. The second-order valence-corrected chi connectivity index (χ2v) is 3.81. The summed E-state index contributed by atoms with van der Waals surface area (Å²) in [4.78, 5) is 29.1. The molecule has 82 valence electrons. The minimum absolute atomic E-state index is 0.0266. The van der Waals surface area contributed by atoms with Crippen molar-refractivity contribution in [2.24, 2.45) is 0 Å². The van der Waals surface area contributed by atoms with E-state index in [-0.39, 0.29) is 11.6 Å². The Labute approximate surface area is 86.3 Å². The lowest BCUT2D eigenvalue weighted by molar-refractivity contribution is 0.238. The van der Waals surface area contributed by atoms with Crippen molar-refractivity contribution in [3.05, 3.63) is 32.6 Å². The standard InChI is InChI=1S/C9H14N4O2/c1-13-3-2-10-7(5-13)6-4-8(14)12-9(15)11-6/h4,7,10H,2-3,5H2,1H3,(H2,11,12,14,15). The normalized spacial score (nSPS) is 22.9. The van der Waals surface area contributed by atoms with Crippen LogP contribution in [0.3, 0.4) is 0 Å². The number of H-pyrrole nitrogens is 2. The summed E-state index contributed by atoms with van der Waals surface area (Å²) in [5.74, 6) is 0. The fourth-order valence-electron chi connectivity index (χ4n) is 1.78. The van der Waals surface area contributed by atoms with E-state index in [1.165, 1.54) is 6.07 Å². The van der Waals surface area contributed by atoms with E-state index in [4.69, 9.17) is 0 Å². The Balaban J connectivity index is 2.28. The molecule has 1 aromatic heterocycles. The number of nitrogens with zero attached hydrogens (tertiary/aromatic N) is 1. The van der Waals surface area contributed by atoms with Gasteiger partial charge < -0.3 is 15.2 Å². The Kier molecular flexibility index (Phi) is 2.70. The predicted molar refractivity (Wildman–Crippen MR) is 55.9 cm³/mol. The zero-order chi connectivity index (χ0) is 10.8. The summed E-state index contributed by atoms with van der Waals surface area (Å²) in [6, 6.07) is 1.46. The molecule has 1 aromatic rings. The SMILES string of the molecule is CN1CCNC(c2cc(=O)[nH]c(=O)[nH]2)C1. The lowest BCUT2D eigenvalue weighted by Crippen LogP contribution is -2.45. The fourth-order valence-corrected chi connectivity index (χ4v) is 1.78. The maximum Gasteiger partial charge on any atom is 0.325 e. The number of aromatic nitrogens is 2. The number of rotatable bonds is 1. The van der Waals surface area contributed by atoms with Gasteiger partial charge in [0.05, 0.1) is 6.04 Å². The molecular formula is C9H14N4O2. The lowest BCUT2D eigenvalue weighted by atomic mass is 10.1. The molecule has 1 unspecified atom stereocenters. The van der Waals surface area contributed by atoms with Crippen LogP contribution in [-0.4, -0.2) is 41.5 Å². The van der Waals surface area contributed by atoms with Gasteiger partial charge in [-0.05, 0) is 7.05 Å². The van der Waals surface area contributed by atoms with Gasteiger partial charge in [0, 0.05) is 31.4 Å². The van der Waals surface area contributed by atoms with Crippen molar-refractivity contribution in [1.29, 1.82) is 0 Å². The van der Waals surface area contributed by atoms with Crippen LogP contribution in [0, 0.1) is 0 Å². The van der Waals surface area contributed by atoms with E-state index in [2.05, 4.69) is 20.2 Å². The van der Waals surface area contributed by atoms with Crippen molar-refractivity contribution >= 4 is 0 Å². The van der Waals surface area contributed by atoms with Gasteiger partial charge in [-0.3, -0.25) is 9.78 Å². The lowest BCUT2D eigenvalue weighted by Gasteiger charge is -2.30. The summed E-state index contributed by atoms with van der Waals surface area (Å²) in [7, 11) is 2.01. The van der Waals surface area contributed by atoms with Gasteiger partial charge in [-0.15, -0.1) is 0 Å². The van der Waals surface area contributed by atoms with E-state index in [9.17, 15) is 9.59 Å². The maximum absolute atomic E-state index is 11.1. The van der Waals surface area contributed by atoms with Gasteiger partial charge in [0.2, 0.25) is 0 Å². The highest BCUT2D eigenvalue weighted by Crippen LogP contribution is 2.10. The average molecular weight is 210 g/mol. The molecule has 1 fully saturated rings. The first kappa shape index (κ1) is 10.1. The highest BCUT2D eigenvalue weighted by atomic mass is 16.2. The molecular weight excluding hydrogens is 196 g/mol. The Morgan fingerprint density at radius 1 is 1.40 bits per heavy atom. The van der Waals surface area contributed by atoms with Gasteiger partial charge in [-0.1, -0.05) is 0 Å². The second kappa shape index (κ2) is 4.00. The number of piperazine rings is 1.